The van der Waals surface area contributed by atoms with Gasteiger partial charge in [-0.15, -0.1) is 0 Å². The lowest BCUT2D eigenvalue weighted by Crippen LogP contribution is -2.48. The Labute approximate surface area is 102 Å². The van der Waals surface area contributed by atoms with Crippen LogP contribution >= 0.6 is 11.8 Å². The van der Waals surface area contributed by atoms with Crippen LogP contribution in [0.4, 0.5) is 4.79 Å². The second-order valence-electron chi connectivity index (χ2n) is 3.44. The number of ether oxygens (including phenoxy) is 1. The maximum atomic E-state index is 11.9. The quantitative estimate of drug-likeness (QED) is 0.661. The summed E-state index contributed by atoms with van der Waals surface area (Å²) < 4.78 is 4.81. The lowest BCUT2D eigenvalue weighted by atomic mass is 10.3. The lowest BCUT2D eigenvalue weighted by molar-refractivity contribution is -0.145. The van der Waals surface area contributed by atoms with Gasteiger partial charge in [0.1, 0.15) is 12.6 Å². The van der Waals surface area contributed by atoms with Crippen LogP contribution in [-0.4, -0.2) is 65.7 Å². The van der Waals surface area contributed by atoms with Gasteiger partial charge in [-0.25, -0.2) is 0 Å². The summed E-state index contributed by atoms with van der Waals surface area (Å²) in [6, 6.07) is -0.635. The number of thioether (sulfide) groups is 1. The summed E-state index contributed by atoms with van der Waals surface area (Å²) in [4.78, 5) is 34.7. The number of carboxylic acids is 1. The van der Waals surface area contributed by atoms with Gasteiger partial charge in [-0.05, 0) is 0 Å². The fourth-order valence-electron chi connectivity index (χ4n) is 1.37. The van der Waals surface area contributed by atoms with Crippen LogP contribution in [0.2, 0.25) is 0 Å². The molecular formula is C9H14N2O5S. The van der Waals surface area contributed by atoms with Crippen molar-refractivity contribution in [2.24, 2.45) is 0 Å². The van der Waals surface area contributed by atoms with E-state index in [-0.39, 0.29) is 30.8 Å². The van der Waals surface area contributed by atoms with Gasteiger partial charge in [0, 0.05) is 19.4 Å². The third-order valence-electron chi connectivity index (χ3n) is 2.17. The number of methoxy groups -OCH3 is 1. The van der Waals surface area contributed by atoms with Crippen molar-refractivity contribution in [1.29, 1.82) is 0 Å². The van der Waals surface area contributed by atoms with Crippen molar-refractivity contribution in [2.75, 3.05) is 32.6 Å². The highest BCUT2D eigenvalue weighted by Crippen LogP contribution is 2.14. The second kappa shape index (κ2) is 6.45. The van der Waals surface area contributed by atoms with Gasteiger partial charge in [0.25, 0.3) is 5.24 Å². The van der Waals surface area contributed by atoms with Crippen molar-refractivity contribution in [3.63, 3.8) is 0 Å². The molecule has 1 rings (SSSR count). The van der Waals surface area contributed by atoms with E-state index in [1.807, 2.05) is 0 Å². The highest BCUT2D eigenvalue weighted by molar-refractivity contribution is 8.14. The van der Waals surface area contributed by atoms with Crippen LogP contribution in [0.15, 0.2) is 0 Å². The normalized spacial score (nSPS) is 18.9. The van der Waals surface area contributed by atoms with Gasteiger partial charge in [-0.1, -0.05) is 11.8 Å². The summed E-state index contributed by atoms with van der Waals surface area (Å²) >= 11 is 1.02. The number of nitrogens with one attached hydrogen (secondary N) is 1. The maximum Gasteiger partial charge on any atom is 0.323 e. The number of carboxylic acid groups (broad SMARTS) is 1. The Hall–Kier alpha value is -1.28. The van der Waals surface area contributed by atoms with Crippen LogP contribution in [-0.2, 0) is 14.3 Å². The predicted molar refractivity (Wildman–Crippen MR) is 60.9 cm³/mol. The summed E-state index contributed by atoms with van der Waals surface area (Å²) in [5.74, 6) is -1.14. The number of hydrogen-bond acceptors (Lipinski definition) is 5. The molecule has 0 aromatic heterocycles. The first-order chi connectivity index (χ1) is 8.04. The monoisotopic (exact) mass is 262 g/mol. The number of nitrogens with zero attached hydrogens (tertiary/aromatic N) is 1. The molecule has 0 aromatic rings. The topological polar surface area (TPSA) is 95.9 Å². The van der Waals surface area contributed by atoms with Gasteiger partial charge >= 0.3 is 5.97 Å². The molecular weight excluding hydrogens is 248 g/mol. The van der Waals surface area contributed by atoms with Crippen molar-refractivity contribution in [2.45, 2.75) is 6.04 Å². The number of hydrogen-bond donors (Lipinski definition) is 2. The van der Waals surface area contributed by atoms with E-state index in [1.165, 1.54) is 12.0 Å². The Morgan fingerprint density at radius 2 is 2.35 bits per heavy atom. The molecule has 7 nitrogen and oxygen atoms in total. The van der Waals surface area contributed by atoms with Gasteiger partial charge in [0.15, 0.2) is 0 Å². The van der Waals surface area contributed by atoms with Crippen molar-refractivity contribution < 1.29 is 24.2 Å². The third-order valence-corrected chi connectivity index (χ3v) is 3.05. The van der Waals surface area contributed by atoms with E-state index in [0.717, 1.165) is 11.8 Å². The largest absolute Gasteiger partial charge is 0.480 e. The molecule has 2 amide bonds. The van der Waals surface area contributed by atoms with Gasteiger partial charge < -0.3 is 20.1 Å². The molecule has 1 unspecified atom stereocenters. The summed E-state index contributed by atoms with van der Waals surface area (Å²) in [6.45, 7) is 0.0602. The van der Waals surface area contributed by atoms with E-state index in [1.54, 1.807) is 0 Å². The van der Waals surface area contributed by atoms with Crippen molar-refractivity contribution in [1.82, 2.24) is 10.2 Å². The zero-order valence-electron chi connectivity index (χ0n) is 9.34. The molecule has 0 saturated carbocycles. The minimum absolute atomic E-state index is 0.193. The highest BCUT2D eigenvalue weighted by Gasteiger charge is 2.32. The zero-order chi connectivity index (χ0) is 12.8. The summed E-state index contributed by atoms with van der Waals surface area (Å²) in [5, 5.41) is 10.9. The Bertz CT molecular complexity index is 323. The first-order valence-electron chi connectivity index (χ1n) is 4.97. The molecule has 1 atom stereocenters. The van der Waals surface area contributed by atoms with E-state index in [9.17, 15) is 14.4 Å². The van der Waals surface area contributed by atoms with E-state index < -0.39 is 12.0 Å². The van der Waals surface area contributed by atoms with E-state index in [0.29, 0.717) is 5.75 Å². The Balaban J connectivity index is 2.58. The van der Waals surface area contributed by atoms with Gasteiger partial charge in [-0.3, -0.25) is 14.4 Å². The molecule has 1 saturated heterocycles. The first kappa shape index (κ1) is 13.8. The Morgan fingerprint density at radius 1 is 1.65 bits per heavy atom. The van der Waals surface area contributed by atoms with E-state index >= 15 is 0 Å². The average Bonchev–Trinajstić information content (AvgIpc) is 2.69. The fraction of sp³-hybridized carbons (Fsp3) is 0.667. The van der Waals surface area contributed by atoms with Crippen molar-refractivity contribution in [3.8, 4) is 0 Å². The molecule has 2 N–H and O–H groups in total. The van der Waals surface area contributed by atoms with Crippen LogP contribution < -0.4 is 5.32 Å². The molecule has 0 aromatic carbocycles. The maximum absolute atomic E-state index is 11.9. The number of carbonyl (C=O) groups excluding carboxylic acids is 2. The molecule has 1 aliphatic rings. The first-order valence-corrected chi connectivity index (χ1v) is 5.96. The second-order valence-corrected chi connectivity index (χ2v) is 4.43. The van der Waals surface area contributed by atoms with E-state index in [4.69, 9.17) is 9.84 Å². The molecule has 1 heterocycles. The number of carbonyl (C=O) groups is 3. The molecule has 1 fully saturated rings. The Kier molecular flexibility index (Phi) is 5.23. The van der Waals surface area contributed by atoms with Crippen LogP contribution in [0.5, 0.6) is 0 Å². The fourth-order valence-corrected chi connectivity index (χ4v) is 2.14. The SMILES string of the molecule is COCCN(CC(=O)O)C(=O)C1CSC(=O)N1. The summed E-state index contributed by atoms with van der Waals surface area (Å²) in [7, 11) is 1.47. The number of rotatable bonds is 6. The van der Waals surface area contributed by atoms with Crippen LogP contribution in [0.25, 0.3) is 0 Å². The summed E-state index contributed by atoms with van der Waals surface area (Å²) in [5.41, 5.74) is 0. The zero-order valence-corrected chi connectivity index (χ0v) is 10.2. The molecule has 8 heteroatoms. The van der Waals surface area contributed by atoms with Gasteiger partial charge in [0.05, 0.1) is 6.61 Å². The van der Waals surface area contributed by atoms with Crippen LogP contribution in [0.3, 0.4) is 0 Å². The third kappa shape index (κ3) is 4.23. The van der Waals surface area contributed by atoms with E-state index in [2.05, 4.69) is 5.32 Å². The molecule has 17 heavy (non-hydrogen) atoms. The van der Waals surface area contributed by atoms with Crippen LogP contribution in [0, 0.1) is 0 Å². The van der Waals surface area contributed by atoms with Crippen molar-refractivity contribution >= 4 is 28.9 Å². The highest BCUT2D eigenvalue weighted by atomic mass is 32.2. The van der Waals surface area contributed by atoms with Crippen LogP contribution in [0.1, 0.15) is 0 Å². The predicted octanol–water partition coefficient (Wildman–Crippen LogP) is -0.629. The molecule has 0 radical (unpaired) electrons. The van der Waals surface area contributed by atoms with Gasteiger partial charge in [0.2, 0.25) is 5.91 Å². The lowest BCUT2D eigenvalue weighted by Gasteiger charge is -2.23. The van der Waals surface area contributed by atoms with Gasteiger partial charge in [-0.2, -0.15) is 0 Å². The molecule has 0 bridgehead atoms. The molecule has 0 aliphatic carbocycles. The number of amides is 2. The Morgan fingerprint density at radius 3 is 2.82 bits per heavy atom. The minimum Gasteiger partial charge on any atom is -0.480 e. The molecule has 0 spiro atoms. The molecule has 96 valence electrons. The standard InChI is InChI=1S/C9H14N2O5S/c1-16-3-2-11(4-7(12)13)8(14)6-5-17-9(15)10-6/h6H,2-5H2,1H3,(H,10,15)(H,12,13). The summed E-state index contributed by atoms with van der Waals surface area (Å²) in [6.07, 6.45) is 0. The van der Waals surface area contributed by atoms with Crippen molar-refractivity contribution in [3.05, 3.63) is 0 Å². The minimum atomic E-state index is -1.09. The molecule has 1 aliphatic heterocycles. The smallest absolute Gasteiger partial charge is 0.323 e. The average molecular weight is 262 g/mol. The number of aliphatic carboxylic acids is 1.